The highest BCUT2D eigenvalue weighted by molar-refractivity contribution is 7.99. The summed E-state index contributed by atoms with van der Waals surface area (Å²) < 4.78 is 1.37. The molecule has 7 heteroatoms. The minimum Gasteiger partial charge on any atom is -0.480 e. The maximum Gasteiger partial charge on any atom is 0.325 e. The number of carboxylic acid groups (broad SMARTS) is 1. The Labute approximate surface area is 84.7 Å². The molecule has 2 heterocycles. The average molecular weight is 214 g/mol. The maximum atomic E-state index is 10.5. The summed E-state index contributed by atoms with van der Waals surface area (Å²) in [6, 6.07) is 0. The summed E-state index contributed by atoms with van der Waals surface area (Å²) >= 11 is 1.79. The quantitative estimate of drug-likeness (QED) is 0.780. The Morgan fingerprint density at radius 1 is 1.71 bits per heavy atom. The number of rotatable bonds is 3. The highest BCUT2D eigenvalue weighted by Crippen LogP contribution is 2.38. The predicted molar refractivity (Wildman–Crippen MR) is 49.9 cm³/mol. The van der Waals surface area contributed by atoms with Crippen LogP contribution in [0.25, 0.3) is 0 Å². The summed E-state index contributed by atoms with van der Waals surface area (Å²) in [7, 11) is 0. The molecule has 1 aliphatic rings. The summed E-state index contributed by atoms with van der Waals surface area (Å²) in [5.41, 5.74) is 0. The minimum atomic E-state index is -0.915. The molecule has 1 fully saturated rings. The van der Waals surface area contributed by atoms with Gasteiger partial charge in [0.05, 0.1) is 5.25 Å². The lowest BCUT2D eigenvalue weighted by Crippen LogP contribution is -2.14. The monoisotopic (exact) mass is 214 g/mol. The molecule has 14 heavy (non-hydrogen) atoms. The van der Waals surface area contributed by atoms with Gasteiger partial charge in [0, 0.05) is 0 Å². The van der Waals surface area contributed by atoms with Crippen LogP contribution in [-0.2, 0) is 11.3 Å². The number of hydrogen-bond donors (Lipinski definition) is 1. The summed E-state index contributed by atoms with van der Waals surface area (Å²) in [6.07, 6.45) is 2.18. The Morgan fingerprint density at radius 3 is 3.21 bits per heavy atom. The van der Waals surface area contributed by atoms with E-state index >= 15 is 0 Å². The van der Waals surface area contributed by atoms with Crippen LogP contribution in [0.1, 0.15) is 23.9 Å². The van der Waals surface area contributed by atoms with Crippen LogP contribution in [0.5, 0.6) is 0 Å². The number of hydrogen-bond acceptors (Lipinski definition) is 5. The van der Waals surface area contributed by atoms with E-state index in [2.05, 4.69) is 15.5 Å². The Kier molecular flexibility index (Phi) is 2.67. The zero-order valence-corrected chi connectivity index (χ0v) is 8.27. The molecule has 1 unspecified atom stereocenters. The number of nitrogens with zero attached hydrogens (tertiary/aromatic N) is 4. The van der Waals surface area contributed by atoms with Gasteiger partial charge in [0.2, 0.25) is 0 Å². The third-order valence-electron chi connectivity index (χ3n) is 2.06. The molecule has 1 aromatic heterocycles. The molecular weight excluding hydrogens is 204 g/mol. The van der Waals surface area contributed by atoms with Crippen molar-refractivity contribution in [2.24, 2.45) is 0 Å². The first kappa shape index (κ1) is 9.45. The van der Waals surface area contributed by atoms with Gasteiger partial charge in [-0.3, -0.25) is 4.79 Å². The normalized spacial score (nSPS) is 21.3. The number of thioether (sulfide) groups is 1. The fourth-order valence-electron chi connectivity index (χ4n) is 1.46. The van der Waals surface area contributed by atoms with E-state index in [1.807, 2.05) is 0 Å². The fraction of sp³-hybridized carbons (Fsp3) is 0.714. The molecule has 0 saturated carbocycles. The summed E-state index contributed by atoms with van der Waals surface area (Å²) in [5.74, 6) is 0.876. The molecule has 1 saturated heterocycles. The van der Waals surface area contributed by atoms with Gasteiger partial charge in [-0.15, -0.1) is 5.10 Å². The van der Waals surface area contributed by atoms with E-state index in [1.165, 1.54) is 4.68 Å². The molecule has 1 N–H and O–H groups in total. The van der Waals surface area contributed by atoms with E-state index in [9.17, 15) is 4.79 Å². The highest BCUT2D eigenvalue weighted by Gasteiger charge is 2.24. The molecule has 1 aromatic rings. The minimum absolute atomic E-state index is 0.153. The molecular formula is C7H10N4O2S. The van der Waals surface area contributed by atoms with E-state index < -0.39 is 5.97 Å². The SMILES string of the molecule is O=C(O)Cn1nnnc1C1CCCS1. The zero-order valence-electron chi connectivity index (χ0n) is 7.46. The van der Waals surface area contributed by atoms with Gasteiger partial charge in [-0.25, -0.2) is 4.68 Å². The Hall–Kier alpha value is -1.11. The van der Waals surface area contributed by atoms with Crippen molar-refractivity contribution in [1.29, 1.82) is 0 Å². The first-order valence-corrected chi connectivity index (χ1v) is 5.41. The third kappa shape index (κ3) is 1.87. The van der Waals surface area contributed by atoms with Crippen molar-refractivity contribution in [3.8, 4) is 0 Å². The van der Waals surface area contributed by atoms with Gasteiger partial charge in [-0.05, 0) is 29.0 Å². The smallest absolute Gasteiger partial charge is 0.325 e. The van der Waals surface area contributed by atoms with Crippen LogP contribution < -0.4 is 0 Å². The van der Waals surface area contributed by atoms with Gasteiger partial charge in [-0.1, -0.05) is 0 Å². The molecule has 0 radical (unpaired) electrons. The lowest BCUT2D eigenvalue weighted by Gasteiger charge is -2.06. The molecule has 0 aliphatic carbocycles. The van der Waals surface area contributed by atoms with Gasteiger partial charge in [-0.2, -0.15) is 11.8 Å². The zero-order chi connectivity index (χ0) is 9.97. The summed E-state index contributed by atoms with van der Waals surface area (Å²) in [4.78, 5) is 10.5. The van der Waals surface area contributed by atoms with E-state index in [4.69, 9.17) is 5.11 Å². The van der Waals surface area contributed by atoms with Gasteiger partial charge in [0.1, 0.15) is 6.54 Å². The summed E-state index contributed by atoms with van der Waals surface area (Å²) in [6.45, 7) is -0.153. The van der Waals surface area contributed by atoms with Crippen molar-refractivity contribution < 1.29 is 9.90 Å². The molecule has 76 valence electrons. The number of tetrazole rings is 1. The first-order valence-electron chi connectivity index (χ1n) is 4.37. The maximum absolute atomic E-state index is 10.5. The third-order valence-corrected chi connectivity index (χ3v) is 3.44. The van der Waals surface area contributed by atoms with E-state index in [0.717, 1.165) is 18.6 Å². The van der Waals surface area contributed by atoms with Crippen molar-refractivity contribution in [3.05, 3.63) is 5.82 Å². The average Bonchev–Trinajstić information content (AvgIpc) is 2.70. The second-order valence-electron chi connectivity index (χ2n) is 3.09. The van der Waals surface area contributed by atoms with Crippen LogP contribution in [0.3, 0.4) is 0 Å². The summed E-state index contributed by atoms with van der Waals surface area (Å²) in [5, 5.41) is 19.9. The standard InChI is InChI=1S/C7H10N4O2S/c12-6(13)4-11-7(8-9-10-11)5-2-1-3-14-5/h5H,1-4H2,(H,12,13). The van der Waals surface area contributed by atoms with Gasteiger partial charge in [0.15, 0.2) is 5.82 Å². The molecule has 2 rings (SSSR count). The van der Waals surface area contributed by atoms with Crippen molar-refractivity contribution in [1.82, 2.24) is 20.2 Å². The number of carbonyl (C=O) groups is 1. The van der Waals surface area contributed by atoms with Crippen molar-refractivity contribution in [2.75, 3.05) is 5.75 Å². The van der Waals surface area contributed by atoms with Crippen LogP contribution in [0, 0.1) is 0 Å². The molecule has 0 aromatic carbocycles. The van der Waals surface area contributed by atoms with E-state index in [0.29, 0.717) is 5.82 Å². The van der Waals surface area contributed by atoms with E-state index in [1.54, 1.807) is 11.8 Å². The largest absolute Gasteiger partial charge is 0.480 e. The molecule has 1 atom stereocenters. The van der Waals surface area contributed by atoms with Crippen LogP contribution in [0.2, 0.25) is 0 Å². The second kappa shape index (κ2) is 3.95. The highest BCUT2D eigenvalue weighted by atomic mass is 32.2. The fourth-order valence-corrected chi connectivity index (χ4v) is 2.73. The molecule has 1 aliphatic heterocycles. The van der Waals surface area contributed by atoms with Gasteiger partial charge < -0.3 is 5.11 Å². The predicted octanol–water partition coefficient (Wildman–Crippen LogP) is 0.326. The Balaban J connectivity index is 2.15. The van der Waals surface area contributed by atoms with E-state index in [-0.39, 0.29) is 11.8 Å². The van der Waals surface area contributed by atoms with Crippen molar-refractivity contribution in [2.45, 2.75) is 24.6 Å². The lowest BCUT2D eigenvalue weighted by molar-refractivity contribution is -0.138. The lowest BCUT2D eigenvalue weighted by atomic mass is 10.2. The molecule has 6 nitrogen and oxygen atoms in total. The van der Waals surface area contributed by atoms with Gasteiger partial charge >= 0.3 is 5.97 Å². The molecule has 0 bridgehead atoms. The van der Waals surface area contributed by atoms with Crippen LogP contribution in [0.15, 0.2) is 0 Å². The van der Waals surface area contributed by atoms with Crippen molar-refractivity contribution >= 4 is 17.7 Å². The second-order valence-corrected chi connectivity index (χ2v) is 4.40. The topological polar surface area (TPSA) is 80.9 Å². The van der Waals surface area contributed by atoms with Gasteiger partial charge in [0.25, 0.3) is 0 Å². The Bertz CT molecular complexity index is 334. The number of aromatic nitrogens is 4. The van der Waals surface area contributed by atoms with Crippen LogP contribution >= 0.6 is 11.8 Å². The van der Waals surface area contributed by atoms with Crippen LogP contribution in [-0.4, -0.2) is 37.0 Å². The molecule has 0 spiro atoms. The number of aliphatic carboxylic acids is 1. The number of carboxylic acids is 1. The molecule has 0 amide bonds. The van der Waals surface area contributed by atoms with Crippen LogP contribution in [0.4, 0.5) is 0 Å². The Morgan fingerprint density at radius 2 is 2.57 bits per heavy atom. The first-order chi connectivity index (χ1) is 6.77. The van der Waals surface area contributed by atoms with Crippen molar-refractivity contribution in [3.63, 3.8) is 0 Å².